The summed E-state index contributed by atoms with van der Waals surface area (Å²) in [6.45, 7) is 4.90. The van der Waals surface area contributed by atoms with Crippen LogP contribution in [0.3, 0.4) is 0 Å². The van der Waals surface area contributed by atoms with Crippen molar-refractivity contribution in [2.24, 2.45) is 0 Å². The number of H-pyrrole nitrogens is 1. The number of rotatable bonds is 2. The van der Waals surface area contributed by atoms with Gasteiger partial charge in [-0.2, -0.15) is 0 Å². The number of aromatic nitrogens is 2. The van der Waals surface area contributed by atoms with E-state index >= 15 is 0 Å². The maximum atomic E-state index is 12.7. The van der Waals surface area contributed by atoms with Gasteiger partial charge >= 0.3 is 0 Å². The van der Waals surface area contributed by atoms with Gasteiger partial charge in [0, 0.05) is 35.8 Å². The van der Waals surface area contributed by atoms with E-state index < -0.39 is 0 Å². The average molecular weight is 321 g/mol. The number of nitrogens with one attached hydrogen (secondary N) is 1. The number of carbonyl (C=O) groups is 1. The van der Waals surface area contributed by atoms with E-state index in [1.807, 2.05) is 11.0 Å². The van der Waals surface area contributed by atoms with E-state index in [4.69, 9.17) is 4.52 Å². The summed E-state index contributed by atoms with van der Waals surface area (Å²) < 4.78 is 5.12. The third-order valence-corrected chi connectivity index (χ3v) is 4.68. The average Bonchev–Trinajstić information content (AvgIpc) is 3.18. The molecule has 0 radical (unpaired) electrons. The van der Waals surface area contributed by atoms with Crippen LogP contribution < -0.4 is 0 Å². The fourth-order valence-corrected chi connectivity index (χ4v) is 3.38. The van der Waals surface area contributed by atoms with Gasteiger partial charge in [-0.15, -0.1) is 0 Å². The Balaban J connectivity index is 1.58. The number of amides is 1. The van der Waals surface area contributed by atoms with Gasteiger partial charge in [0.05, 0.1) is 5.69 Å². The van der Waals surface area contributed by atoms with Gasteiger partial charge in [0.1, 0.15) is 11.3 Å². The highest BCUT2D eigenvalue weighted by Gasteiger charge is 2.25. The van der Waals surface area contributed by atoms with Crippen LogP contribution in [0.15, 0.2) is 41.1 Å². The van der Waals surface area contributed by atoms with Gasteiger partial charge < -0.3 is 14.4 Å². The Morgan fingerprint density at radius 3 is 2.83 bits per heavy atom. The summed E-state index contributed by atoms with van der Waals surface area (Å²) in [5, 5.41) is 5.11. The fraction of sp³-hybridized carbons (Fsp3) is 0.263. The van der Waals surface area contributed by atoms with E-state index in [1.54, 1.807) is 13.8 Å². The molecule has 24 heavy (non-hydrogen) atoms. The molecule has 0 fully saturated rings. The van der Waals surface area contributed by atoms with Crippen molar-refractivity contribution in [3.05, 3.63) is 59.1 Å². The lowest BCUT2D eigenvalue weighted by Gasteiger charge is -2.26. The van der Waals surface area contributed by atoms with E-state index in [2.05, 4.69) is 40.6 Å². The van der Waals surface area contributed by atoms with E-state index in [9.17, 15) is 4.79 Å². The van der Waals surface area contributed by atoms with Crippen LogP contribution in [0.4, 0.5) is 0 Å². The first kappa shape index (κ1) is 14.8. The summed E-state index contributed by atoms with van der Waals surface area (Å²) in [6.07, 6.45) is 5.05. The molecule has 3 heterocycles. The minimum atomic E-state index is 0.000441. The molecule has 0 atom stereocenters. The van der Waals surface area contributed by atoms with Gasteiger partial charge in [0.2, 0.25) is 0 Å². The molecule has 0 bridgehead atoms. The topological polar surface area (TPSA) is 62.1 Å². The minimum absolute atomic E-state index is 0.000441. The summed E-state index contributed by atoms with van der Waals surface area (Å²) in [5.41, 5.74) is 4.91. The van der Waals surface area contributed by atoms with Gasteiger partial charge in [0.25, 0.3) is 5.91 Å². The molecule has 1 N–H and O–H groups in total. The van der Waals surface area contributed by atoms with E-state index in [0.717, 1.165) is 11.9 Å². The Morgan fingerprint density at radius 1 is 1.29 bits per heavy atom. The molecule has 5 heteroatoms. The standard InChI is InChI=1S/C19H19N3O2/c1-12-18(13(2)24-21-12)19(23)22-9-7-14(8-10-22)16-11-20-17-6-4-3-5-15(16)17/h3-7,11,20H,8-10H2,1-2H3. The van der Waals surface area contributed by atoms with Gasteiger partial charge in [-0.25, -0.2) is 0 Å². The maximum Gasteiger partial charge on any atom is 0.259 e. The van der Waals surface area contributed by atoms with Crippen molar-refractivity contribution in [2.45, 2.75) is 20.3 Å². The second kappa shape index (κ2) is 5.67. The maximum absolute atomic E-state index is 12.7. The number of carbonyl (C=O) groups excluding carboxylic acids is 1. The molecule has 0 saturated carbocycles. The van der Waals surface area contributed by atoms with Crippen molar-refractivity contribution < 1.29 is 9.32 Å². The Morgan fingerprint density at radius 2 is 2.12 bits per heavy atom. The molecule has 122 valence electrons. The van der Waals surface area contributed by atoms with Crippen molar-refractivity contribution in [2.75, 3.05) is 13.1 Å². The van der Waals surface area contributed by atoms with Crippen molar-refractivity contribution in [1.29, 1.82) is 0 Å². The number of fused-ring (bicyclic) bond motifs is 1. The highest BCUT2D eigenvalue weighted by Crippen LogP contribution is 2.29. The second-order valence-electron chi connectivity index (χ2n) is 6.18. The van der Waals surface area contributed by atoms with Crippen LogP contribution >= 0.6 is 0 Å². The summed E-state index contributed by atoms with van der Waals surface area (Å²) in [6, 6.07) is 8.29. The molecule has 3 aromatic rings. The molecule has 1 aromatic carbocycles. The van der Waals surface area contributed by atoms with Crippen LogP contribution in [0.1, 0.15) is 33.8 Å². The molecule has 1 amide bonds. The van der Waals surface area contributed by atoms with Crippen molar-refractivity contribution in [3.8, 4) is 0 Å². The second-order valence-corrected chi connectivity index (χ2v) is 6.18. The van der Waals surface area contributed by atoms with Gasteiger partial charge in [-0.3, -0.25) is 4.79 Å². The van der Waals surface area contributed by atoms with Gasteiger partial charge in [0.15, 0.2) is 0 Å². The number of aromatic amines is 1. The molecule has 1 aliphatic heterocycles. The Kier molecular flexibility index (Phi) is 3.49. The minimum Gasteiger partial charge on any atom is -0.361 e. The van der Waals surface area contributed by atoms with Crippen molar-refractivity contribution in [3.63, 3.8) is 0 Å². The van der Waals surface area contributed by atoms with Crippen LogP contribution in [0.5, 0.6) is 0 Å². The largest absolute Gasteiger partial charge is 0.361 e. The highest BCUT2D eigenvalue weighted by atomic mass is 16.5. The quantitative estimate of drug-likeness (QED) is 0.783. The van der Waals surface area contributed by atoms with Crippen LogP contribution in [-0.2, 0) is 0 Å². The zero-order valence-corrected chi connectivity index (χ0v) is 13.8. The number of hydrogen-bond acceptors (Lipinski definition) is 3. The molecule has 0 aliphatic carbocycles. The molecule has 5 nitrogen and oxygen atoms in total. The zero-order valence-electron chi connectivity index (χ0n) is 13.8. The number of nitrogens with zero attached hydrogens (tertiary/aromatic N) is 2. The fourth-order valence-electron chi connectivity index (χ4n) is 3.38. The summed E-state index contributed by atoms with van der Waals surface area (Å²) in [7, 11) is 0. The van der Waals surface area contributed by atoms with E-state index in [-0.39, 0.29) is 5.91 Å². The first-order chi connectivity index (χ1) is 11.6. The summed E-state index contributed by atoms with van der Waals surface area (Å²) in [4.78, 5) is 17.9. The van der Waals surface area contributed by atoms with Crippen LogP contribution in [-0.4, -0.2) is 34.0 Å². The smallest absolute Gasteiger partial charge is 0.259 e. The van der Waals surface area contributed by atoms with Gasteiger partial charge in [-0.1, -0.05) is 29.4 Å². The van der Waals surface area contributed by atoms with Crippen LogP contribution in [0.2, 0.25) is 0 Å². The number of aryl methyl sites for hydroxylation is 2. The van der Waals surface area contributed by atoms with Crippen LogP contribution in [0.25, 0.3) is 16.5 Å². The van der Waals surface area contributed by atoms with E-state index in [1.165, 1.54) is 16.5 Å². The number of para-hydroxylation sites is 1. The molecule has 0 saturated heterocycles. The molecular formula is C19H19N3O2. The predicted molar refractivity (Wildman–Crippen MR) is 92.8 cm³/mol. The number of hydrogen-bond donors (Lipinski definition) is 1. The van der Waals surface area contributed by atoms with E-state index in [0.29, 0.717) is 30.1 Å². The molecule has 4 rings (SSSR count). The normalized spacial score (nSPS) is 14.9. The Bertz CT molecular complexity index is 929. The lowest BCUT2D eigenvalue weighted by Crippen LogP contribution is -2.35. The van der Waals surface area contributed by atoms with Crippen molar-refractivity contribution >= 4 is 22.4 Å². The highest BCUT2D eigenvalue weighted by molar-refractivity contribution is 5.97. The summed E-state index contributed by atoms with van der Waals surface area (Å²) in [5.74, 6) is 0.587. The molecule has 1 aliphatic rings. The predicted octanol–water partition coefficient (Wildman–Crippen LogP) is 3.70. The first-order valence-electron chi connectivity index (χ1n) is 8.13. The molecule has 0 spiro atoms. The monoisotopic (exact) mass is 321 g/mol. The first-order valence-corrected chi connectivity index (χ1v) is 8.13. The zero-order chi connectivity index (χ0) is 16.7. The third-order valence-electron chi connectivity index (χ3n) is 4.68. The molecule has 0 unspecified atom stereocenters. The number of benzene rings is 1. The SMILES string of the molecule is Cc1noc(C)c1C(=O)N1CC=C(c2c[nH]c3ccccc23)CC1. The lowest BCUT2D eigenvalue weighted by molar-refractivity contribution is 0.0770. The molecular weight excluding hydrogens is 302 g/mol. The third kappa shape index (κ3) is 2.33. The Hall–Kier alpha value is -2.82. The Labute approximate surface area is 139 Å². The van der Waals surface area contributed by atoms with Crippen molar-refractivity contribution in [1.82, 2.24) is 15.0 Å². The lowest BCUT2D eigenvalue weighted by atomic mass is 9.98. The summed E-state index contributed by atoms with van der Waals surface area (Å²) >= 11 is 0. The van der Waals surface area contributed by atoms with Crippen LogP contribution in [0, 0.1) is 13.8 Å². The molecule has 2 aromatic heterocycles. The van der Waals surface area contributed by atoms with Gasteiger partial charge in [-0.05, 0) is 31.9 Å².